The van der Waals surface area contributed by atoms with E-state index in [1.54, 1.807) is 18.2 Å². The fourth-order valence-corrected chi connectivity index (χ4v) is 2.87. The van der Waals surface area contributed by atoms with Crippen LogP contribution in [0.2, 0.25) is 5.02 Å². The first kappa shape index (κ1) is 13.8. The minimum Gasteiger partial charge on any atom is -0.337 e. The smallest absolute Gasteiger partial charge is 0.253 e. The Morgan fingerprint density at radius 3 is 2.83 bits per heavy atom. The molecule has 98 valence electrons. The number of hydrogen-bond acceptors (Lipinski definition) is 2. The van der Waals surface area contributed by atoms with Gasteiger partial charge in [-0.3, -0.25) is 4.79 Å². The highest BCUT2D eigenvalue weighted by molar-refractivity contribution is 9.10. The zero-order chi connectivity index (χ0) is 13.3. The summed E-state index contributed by atoms with van der Waals surface area (Å²) in [6.45, 7) is 3.52. The van der Waals surface area contributed by atoms with Crippen molar-refractivity contribution in [3.05, 3.63) is 33.3 Å². The van der Waals surface area contributed by atoms with Gasteiger partial charge >= 0.3 is 0 Å². The number of benzene rings is 1. The monoisotopic (exact) mass is 330 g/mol. The highest BCUT2D eigenvalue weighted by Gasteiger charge is 2.26. The van der Waals surface area contributed by atoms with Gasteiger partial charge in [0, 0.05) is 29.2 Å². The summed E-state index contributed by atoms with van der Waals surface area (Å²) in [5, 5.41) is 0.607. The maximum absolute atomic E-state index is 12.4. The van der Waals surface area contributed by atoms with E-state index in [0.29, 0.717) is 23.0 Å². The van der Waals surface area contributed by atoms with Gasteiger partial charge in [0.25, 0.3) is 5.91 Å². The number of nitrogens with two attached hydrogens (primary N) is 1. The molecule has 2 atom stereocenters. The third-order valence-electron chi connectivity index (χ3n) is 3.15. The first-order valence-electron chi connectivity index (χ1n) is 5.97. The van der Waals surface area contributed by atoms with Crippen LogP contribution in [0, 0.1) is 5.92 Å². The van der Waals surface area contributed by atoms with Crippen molar-refractivity contribution in [3.8, 4) is 0 Å². The van der Waals surface area contributed by atoms with Crippen molar-refractivity contribution >= 4 is 33.4 Å². The highest BCUT2D eigenvalue weighted by Crippen LogP contribution is 2.25. The van der Waals surface area contributed by atoms with Crippen molar-refractivity contribution in [3.63, 3.8) is 0 Å². The number of carbonyl (C=O) groups excluding carboxylic acids is 1. The number of halogens is 2. The molecule has 1 aliphatic heterocycles. The molecule has 1 fully saturated rings. The highest BCUT2D eigenvalue weighted by atomic mass is 79.9. The fraction of sp³-hybridized carbons (Fsp3) is 0.462. The van der Waals surface area contributed by atoms with Gasteiger partial charge in [-0.15, -0.1) is 0 Å². The molecule has 2 unspecified atom stereocenters. The van der Waals surface area contributed by atoms with Gasteiger partial charge in [-0.2, -0.15) is 0 Å². The van der Waals surface area contributed by atoms with E-state index in [1.807, 2.05) is 4.90 Å². The number of amides is 1. The first-order valence-corrected chi connectivity index (χ1v) is 7.14. The number of piperidine rings is 1. The third-order valence-corrected chi connectivity index (χ3v) is 4.36. The average molecular weight is 332 g/mol. The van der Waals surface area contributed by atoms with Gasteiger partial charge in [0.2, 0.25) is 0 Å². The molecular weight excluding hydrogens is 316 g/mol. The minimum atomic E-state index is 0.0226. The van der Waals surface area contributed by atoms with E-state index >= 15 is 0 Å². The standard InChI is InChI=1S/C13H16BrClN2O/c1-8-4-10(16)7-17(6-8)13(18)9-2-3-12(15)11(14)5-9/h2-3,5,8,10H,4,6-7,16H2,1H3. The lowest BCUT2D eigenvalue weighted by atomic mass is 9.96. The van der Waals surface area contributed by atoms with Crippen LogP contribution in [0.1, 0.15) is 23.7 Å². The van der Waals surface area contributed by atoms with Gasteiger partial charge in [0.15, 0.2) is 0 Å². The molecule has 2 N–H and O–H groups in total. The largest absolute Gasteiger partial charge is 0.337 e. The van der Waals surface area contributed by atoms with Crippen LogP contribution in [-0.2, 0) is 0 Å². The SMILES string of the molecule is CC1CC(N)CN(C(=O)c2ccc(Cl)c(Br)c2)C1. The summed E-state index contributed by atoms with van der Waals surface area (Å²) in [5.41, 5.74) is 6.61. The van der Waals surface area contributed by atoms with Gasteiger partial charge in [-0.05, 0) is 46.5 Å². The Labute approximate surface area is 120 Å². The molecule has 0 bridgehead atoms. The lowest BCUT2D eigenvalue weighted by Gasteiger charge is -2.34. The van der Waals surface area contributed by atoms with Crippen LogP contribution in [0.4, 0.5) is 0 Å². The number of likely N-dealkylation sites (tertiary alicyclic amines) is 1. The van der Waals surface area contributed by atoms with E-state index in [2.05, 4.69) is 22.9 Å². The summed E-state index contributed by atoms with van der Waals surface area (Å²) in [7, 11) is 0. The minimum absolute atomic E-state index is 0.0226. The molecular formula is C13H16BrClN2O. The van der Waals surface area contributed by atoms with Crippen molar-refractivity contribution < 1.29 is 4.79 Å². The van der Waals surface area contributed by atoms with Gasteiger partial charge in [0.1, 0.15) is 0 Å². The summed E-state index contributed by atoms with van der Waals surface area (Å²) in [6, 6.07) is 5.32. The van der Waals surface area contributed by atoms with Crippen LogP contribution in [0.15, 0.2) is 22.7 Å². The van der Waals surface area contributed by atoms with Crippen LogP contribution in [0.25, 0.3) is 0 Å². The zero-order valence-electron chi connectivity index (χ0n) is 10.2. The Morgan fingerprint density at radius 2 is 2.22 bits per heavy atom. The molecule has 1 aromatic carbocycles. The molecule has 2 rings (SSSR count). The summed E-state index contributed by atoms with van der Waals surface area (Å²) in [5.74, 6) is 0.475. The lowest BCUT2D eigenvalue weighted by molar-refractivity contribution is 0.0661. The van der Waals surface area contributed by atoms with Crippen LogP contribution < -0.4 is 5.73 Å². The van der Waals surface area contributed by atoms with Crippen molar-refractivity contribution in [1.29, 1.82) is 0 Å². The van der Waals surface area contributed by atoms with Crippen molar-refractivity contribution in [1.82, 2.24) is 4.90 Å². The molecule has 1 amide bonds. The Hall–Kier alpha value is -0.580. The van der Waals surface area contributed by atoms with Gasteiger partial charge < -0.3 is 10.6 Å². The molecule has 0 saturated carbocycles. The summed E-state index contributed by atoms with van der Waals surface area (Å²) >= 11 is 9.26. The Kier molecular flexibility index (Phi) is 4.30. The maximum atomic E-state index is 12.4. The number of carbonyl (C=O) groups is 1. The van der Waals surface area contributed by atoms with Crippen molar-refractivity contribution in [2.24, 2.45) is 11.7 Å². The average Bonchev–Trinajstić information content (AvgIpc) is 2.30. The Balaban J connectivity index is 2.17. The predicted octanol–water partition coefficient (Wildman–Crippen LogP) is 2.91. The second-order valence-electron chi connectivity index (χ2n) is 4.94. The molecule has 3 nitrogen and oxygen atoms in total. The number of hydrogen-bond donors (Lipinski definition) is 1. The van der Waals surface area contributed by atoms with Crippen LogP contribution >= 0.6 is 27.5 Å². The van der Waals surface area contributed by atoms with Crippen molar-refractivity contribution in [2.45, 2.75) is 19.4 Å². The first-order chi connectivity index (χ1) is 8.47. The summed E-state index contributed by atoms with van der Waals surface area (Å²) in [6.07, 6.45) is 0.980. The number of rotatable bonds is 1. The van der Waals surface area contributed by atoms with Gasteiger partial charge in [-0.1, -0.05) is 18.5 Å². The molecule has 5 heteroatoms. The Morgan fingerprint density at radius 1 is 1.50 bits per heavy atom. The molecule has 1 heterocycles. The normalized spacial score (nSPS) is 24.1. The third kappa shape index (κ3) is 3.05. The van der Waals surface area contributed by atoms with E-state index in [4.69, 9.17) is 17.3 Å². The molecule has 1 aliphatic rings. The van der Waals surface area contributed by atoms with E-state index < -0.39 is 0 Å². The summed E-state index contributed by atoms with van der Waals surface area (Å²) in [4.78, 5) is 14.2. The van der Waals surface area contributed by atoms with E-state index in [1.165, 1.54) is 0 Å². The molecule has 18 heavy (non-hydrogen) atoms. The molecule has 0 aromatic heterocycles. The lowest BCUT2D eigenvalue weighted by Crippen LogP contribution is -2.48. The van der Waals surface area contributed by atoms with E-state index in [-0.39, 0.29) is 11.9 Å². The second kappa shape index (κ2) is 5.59. The van der Waals surface area contributed by atoms with Crippen molar-refractivity contribution in [2.75, 3.05) is 13.1 Å². The quantitative estimate of drug-likeness (QED) is 0.860. The van der Waals surface area contributed by atoms with Gasteiger partial charge in [0.05, 0.1) is 5.02 Å². The molecule has 0 radical (unpaired) electrons. The van der Waals surface area contributed by atoms with Gasteiger partial charge in [-0.25, -0.2) is 0 Å². The van der Waals surface area contributed by atoms with Crippen LogP contribution in [0.3, 0.4) is 0 Å². The Bertz CT molecular complexity index is 456. The van der Waals surface area contributed by atoms with Crippen LogP contribution in [-0.4, -0.2) is 29.9 Å². The summed E-state index contributed by atoms with van der Waals surface area (Å²) < 4.78 is 0.740. The number of nitrogens with zero attached hydrogens (tertiary/aromatic N) is 1. The zero-order valence-corrected chi connectivity index (χ0v) is 12.5. The predicted molar refractivity (Wildman–Crippen MR) is 76.8 cm³/mol. The molecule has 1 aromatic rings. The van der Waals surface area contributed by atoms with E-state index in [9.17, 15) is 4.79 Å². The molecule has 0 spiro atoms. The maximum Gasteiger partial charge on any atom is 0.253 e. The van der Waals surface area contributed by atoms with Crippen LogP contribution in [0.5, 0.6) is 0 Å². The fourth-order valence-electron chi connectivity index (χ4n) is 2.38. The molecule has 1 saturated heterocycles. The second-order valence-corrected chi connectivity index (χ2v) is 6.20. The molecule has 0 aliphatic carbocycles. The van der Waals surface area contributed by atoms with E-state index in [0.717, 1.165) is 17.4 Å². The topological polar surface area (TPSA) is 46.3 Å².